The normalized spacial score (nSPS) is 26.5. The molecule has 4 nitrogen and oxygen atoms in total. The lowest BCUT2D eigenvalue weighted by Gasteiger charge is -2.27. The molecule has 1 aliphatic heterocycles. The predicted octanol–water partition coefficient (Wildman–Crippen LogP) is 2.13. The molecule has 0 bridgehead atoms. The third-order valence-corrected chi connectivity index (χ3v) is 4.04. The fourth-order valence-electron chi connectivity index (χ4n) is 2.90. The molecule has 1 heterocycles. The topological polar surface area (TPSA) is 50.9 Å². The molecule has 0 aromatic heterocycles. The summed E-state index contributed by atoms with van der Waals surface area (Å²) in [5.41, 5.74) is 6.16. The first-order chi connectivity index (χ1) is 8.79. The van der Waals surface area contributed by atoms with E-state index in [2.05, 4.69) is 11.8 Å². The van der Waals surface area contributed by atoms with Crippen LogP contribution in [0.5, 0.6) is 0 Å². The molecule has 0 radical (unpaired) electrons. The Labute approximate surface area is 111 Å². The average Bonchev–Trinajstić information content (AvgIpc) is 2.90. The summed E-state index contributed by atoms with van der Waals surface area (Å²) >= 11 is 0. The molecule has 1 saturated heterocycles. The van der Waals surface area contributed by atoms with Gasteiger partial charge in [-0.25, -0.2) is 4.99 Å². The third kappa shape index (κ3) is 3.87. The summed E-state index contributed by atoms with van der Waals surface area (Å²) in [5.74, 6) is 0.722. The number of nitrogens with two attached hydrogens (primary N) is 1. The van der Waals surface area contributed by atoms with E-state index in [1.807, 2.05) is 0 Å². The van der Waals surface area contributed by atoms with Gasteiger partial charge >= 0.3 is 0 Å². The van der Waals surface area contributed by atoms with Crippen LogP contribution in [0.4, 0.5) is 0 Å². The van der Waals surface area contributed by atoms with Crippen molar-refractivity contribution in [3.8, 4) is 0 Å². The number of rotatable bonds is 4. The minimum Gasteiger partial charge on any atom is -0.376 e. The fraction of sp³-hybridized carbons (Fsp3) is 0.929. The Balaban J connectivity index is 1.86. The van der Waals surface area contributed by atoms with E-state index in [4.69, 9.17) is 15.5 Å². The Kier molecular flexibility index (Phi) is 5.29. The highest BCUT2D eigenvalue weighted by atomic mass is 16.5. The SMILES string of the molecule is CCN(CC1CCCO1)C(N)=NC1CCCCC1. The Morgan fingerprint density at radius 2 is 2.00 bits per heavy atom. The number of ether oxygens (including phenoxy) is 1. The van der Waals surface area contributed by atoms with E-state index >= 15 is 0 Å². The molecule has 1 atom stereocenters. The first kappa shape index (κ1) is 13.7. The molecule has 2 rings (SSSR count). The van der Waals surface area contributed by atoms with Gasteiger partial charge in [0.25, 0.3) is 0 Å². The molecule has 1 saturated carbocycles. The second-order valence-electron chi connectivity index (χ2n) is 5.45. The summed E-state index contributed by atoms with van der Waals surface area (Å²) in [7, 11) is 0. The van der Waals surface area contributed by atoms with Gasteiger partial charge < -0.3 is 15.4 Å². The Hall–Kier alpha value is -0.770. The van der Waals surface area contributed by atoms with Crippen molar-refractivity contribution in [3.05, 3.63) is 0 Å². The fourth-order valence-corrected chi connectivity index (χ4v) is 2.90. The Morgan fingerprint density at radius 3 is 2.61 bits per heavy atom. The van der Waals surface area contributed by atoms with Crippen molar-refractivity contribution in [2.45, 2.75) is 64.0 Å². The number of nitrogens with zero attached hydrogens (tertiary/aromatic N) is 2. The highest BCUT2D eigenvalue weighted by molar-refractivity contribution is 5.78. The molecule has 4 heteroatoms. The summed E-state index contributed by atoms with van der Waals surface area (Å²) in [4.78, 5) is 6.89. The van der Waals surface area contributed by atoms with Crippen LogP contribution in [0.3, 0.4) is 0 Å². The highest BCUT2D eigenvalue weighted by Gasteiger charge is 2.20. The maximum atomic E-state index is 6.16. The molecule has 104 valence electrons. The molecule has 0 aromatic carbocycles. The maximum Gasteiger partial charge on any atom is 0.191 e. The smallest absolute Gasteiger partial charge is 0.191 e. The van der Waals surface area contributed by atoms with Crippen molar-refractivity contribution in [2.24, 2.45) is 10.7 Å². The van der Waals surface area contributed by atoms with Crippen molar-refractivity contribution in [2.75, 3.05) is 19.7 Å². The first-order valence-electron chi connectivity index (χ1n) is 7.49. The van der Waals surface area contributed by atoms with E-state index in [9.17, 15) is 0 Å². The van der Waals surface area contributed by atoms with E-state index in [0.717, 1.165) is 32.1 Å². The summed E-state index contributed by atoms with van der Waals surface area (Å²) in [6.07, 6.45) is 9.08. The van der Waals surface area contributed by atoms with Crippen LogP contribution in [-0.4, -0.2) is 42.7 Å². The molecule has 0 amide bonds. The minimum absolute atomic E-state index is 0.352. The Bertz CT molecular complexity index is 268. The minimum atomic E-state index is 0.352. The van der Waals surface area contributed by atoms with Gasteiger partial charge in [-0.1, -0.05) is 19.3 Å². The molecule has 0 aromatic rings. The average molecular weight is 253 g/mol. The van der Waals surface area contributed by atoms with Crippen LogP contribution in [0.15, 0.2) is 4.99 Å². The van der Waals surface area contributed by atoms with Crippen molar-refractivity contribution in [1.82, 2.24) is 4.90 Å². The zero-order valence-corrected chi connectivity index (χ0v) is 11.6. The van der Waals surface area contributed by atoms with Crippen LogP contribution < -0.4 is 5.73 Å². The number of hydrogen-bond acceptors (Lipinski definition) is 2. The van der Waals surface area contributed by atoms with Crippen molar-refractivity contribution in [3.63, 3.8) is 0 Å². The van der Waals surface area contributed by atoms with E-state index in [-0.39, 0.29) is 0 Å². The summed E-state index contributed by atoms with van der Waals surface area (Å²) in [5, 5.41) is 0. The molecule has 2 N–H and O–H groups in total. The second-order valence-corrected chi connectivity index (χ2v) is 5.45. The molecule has 2 aliphatic rings. The van der Waals surface area contributed by atoms with Crippen molar-refractivity contribution >= 4 is 5.96 Å². The van der Waals surface area contributed by atoms with E-state index in [1.165, 1.54) is 38.5 Å². The quantitative estimate of drug-likeness (QED) is 0.617. The zero-order chi connectivity index (χ0) is 12.8. The third-order valence-electron chi connectivity index (χ3n) is 4.04. The van der Waals surface area contributed by atoms with Gasteiger partial charge in [-0.05, 0) is 32.6 Å². The van der Waals surface area contributed by atoms with Crippen LogP contribution in [0.25, 0.3) is 0 Å². The first-order valence-corrected chi connectivity index (χ1v) is 7.49. The van der Waals surface area contributed by atoms with Crippen molar-refractivity contribution < 1.29 is 4.74 Å². The molecular weight excluding hydrogens is 226 g/mol. The monoisotopic (exact) mass is 253 g/mol. The van der Waals surface area contributed by atoms with Gasteiger partial charge in [0.15, 0.2) is 5.96 Å². The van der Waals surface area contributed by atoms with Crippen LogP contribution in [0.1, 0.15) is 51.9 Å². The van der Waals surface area contributed by atoms with Gasteiger partial charge in [0.05, 0.1) is 12.1 Å². The lowest BCUT2D eigenvalue weighted by atomic mass is 9.96. The standard InChI is InChI=1S/C14H27N3O/c1-2-17(11-13-9-6-10-18-13)14(15)16-12-7-4-3-5-8-12/h12-13H,2-11H2,1H3,(H2,15,16). The van der Waals surface area contributed by atoms with Crippen LogP contribution in [0.2, 0.25) is 0 Å². The summed E-state index contributed by atoms with van der Waals surface area (Å²) in [6.45, 7) is 4.86. The van der Waals surface area contributed by atoms with E-state index < -0.39 is 0 Å². The second kappa shape index (κ2) is 6.98. The predicted molar refractivity (Wildman–Crippen MR) is 74.7 cm³/mol. The zero-order valence-electron chi connectivity index (χ0n) is 11.6. The lowest BCUT2D eigenvalue weighted by Crippen LogP contribution is -2.42. The number of guanidine groups is 1. The van der Waals surface area contributed by atoms with Crippen LogP contribution >= 0.6 is 0 Å². The van der Waals surface area contributed by atoms with Gasteiger partial charge in [0.2, 0.25) is 0 Å². The largest absolute Gasteiger partial charge is 0.376 e. The maximum absolute atomic E-state index is 6.16. The van der Waals surface area contributed by atoms with Gasteiger partial charge in [-0.2, -0.15) is 0 Å². The lowest BCUT2D eigenvalue weighted by molar-refractivity contribution is 0.0918. The van der Waals surface area contributed by atoms with E-state index in [0.29, 0.717) is 12.1 Å². The molecule has 1 aliphatic carbocycles. The van der Waals surface area contributed by atoms with Gasteiger partial charge in [0, 0.05) is 19.7 Å². The number of aliphatic imine (C=N–C) groups is 1. The molecule has 1 unspecified atom stereocenters. The summed E-state index contributed by atoms with van der Waals surface area (Å²) in [6, 6.07) is 0.456. The molecule has 0 spiro atoms. The molecule has 2 fully saturated rings. The molecular formula is C14H27N3O. The van der Waals surface area contributed by atoms with Crippen LogP contribution in [0, 0.1) is 0 Å². The number of likely N-dealkylation sites (N-methyl/N-ethyl adjacent to an activating group) is 1. The molecule has 18 heavy (non-hydrogen) atoms. The van der Waals surface area contributed by atoms with Gasteiger partial charge in [0.1, 0.15) is 0 Å². The van der Waals surface area contributed by atoms with Crippen LogP contribution in [-0.2, 0) is 4.74 Å². The highest BCUT2D eigenvalue weighted by Crippen LogP contribution is 2.20. The number of hydrogen-bond donors (Lipinski definition) is 1. The van der Waals surface area contributed by atoms with Gasteiger partial charge in [-0.15, -0.1) is 0 Å². The van der Waals surface area contributed by atoms with Crippen molar-refractivity contribution in [1.29, 1.82) is 0 Å². The Morgan fingerprint density at radius 1 is 1.22 bits per heavy atom. The van der Waals surface area contributed by atoms with E-state index in [1.54, 1.807) is 0 Å². The summed E-state index contributed by atoms with van der Waals surface area (Å²) < 4.78 is 5.67. The van der Waals surface area contributed by atoms with Gasteiger partial charge in [-0.3, -0.25) is 0 Å².